The largest absolute Gasteiger partial charge is 0.340 e. The summed E-state index contributed by atoms with van der Waals surface area (Å²) in [5.74, 6) is 0.490. The molecule has 0 aliphatic carbocycles. The molecule has 0 bridgehead atoms. The lowest BCUT2D eigenvalue weighted by Gasteiger charge is -2.38. The highest BCUT2D eigenvalue weighted by atomic mass is 19.1. The van der Waals surface area contributed by atoms with Crippen LogP contribution in [0.1, 0.15) is 12.5 Å². The SMILES string of the molecule is C[C@@H](C(=O)N(C)Cc1cccc(F)c1)N1CCN(c2ncccn2)CC1. The van der Waals surface area contributed by atoms with Gasteiger partial charge in [-0.1, -0.05) is 12.1 Å². The van der Waals surface area contributed by atoms with E-state index in [1.54, 1.807) is 36.5 Å². The van der Waals surface area contributed by atoms with Crippen molar-refractivity contribution in [2.75, 3.05) is 38.1 Å². The Balaban J connectivity index is 1.54. The maximum atomic E-state index is 13.3. The second kappa shape index (κ2) is 8.23. The van der Waals surface area contributed by atoms with Crippen LogP contribution >= 0.6 is 0 Å². The second-order valence-electron chi connectivity index (χ2n) is 6.57. The number of aromatic nitrogens is 2. The zero-order valence-electron chi connectivity index (χ0n) is 15.2. The van der Waals surface area contributed by atoms with E-state index in [2.05, 4.69) is 19.8 Å². The van der Waals surface area contributed by atoms with Gasteiger partial charge in [-0.2, -0.15) is 0 Å². The zero-order chi connectivity index (χ0) is 18.5. The summed E-state index contributed by atoms with van der Waals surface area (Å²) in [5, 5.41) is 0. The van der Waals surface area contributed by atoms with Gasteiger partial charge in [-0.3, -0.25) is 9.69 Å². The van der Waals surface area contributed by atoms with E-state index in [0.29, 0.717) is 6.54 Å². The topological polar surface area (TPSA) is 52.6 Å². The molecule has 1 fully saturated rings. The van der Waals surface area contributed by atoms with Gasteiger partial charge >= 0.3 is 0 Å². The van der Waals surface area contributed by atoms with E-state index in [1.807, 2.05) is 13.0 Å². The molecule has 0 unspecified atom stereocenters. The maximum absolute atomic E-state index is 13.3. The highest BCUT2D eigenvalue weighted by Crippen LogP contribution is 2.14. The minimum absolute atomic E-state index is 0.0404. The molecular weight excluding hydrogens is 333 g/mol. The van der Waals surface area contributed by atoms with E-state index in [0.717, 1.165) is 37.7 Å². The number of benzene rings is 1. The number of piperazine rings is 1. The molecule has 0 N–H and O–H groups in total. The van der Waals surface area contributed by atoms with Gasteiger partial charge in [0.1, 0.15) is 5.82 Å². The van der Waals surface area contributed by atoms with Crippen LogP contribution in [0.5, 0.6) is 0 Å². The van der Waals surface area contributed by atoms with Crippen LogP contribution in [0.2, 0.25) is 0 Å². The Morgan fingerprint density at radius 2 is 1.88 bits per heavy atom. The molecule has 0 radical (unpaired) electrons. The number of halogens is 1. The van der Waals surface area contributed by atoms with Crippen molar-refractivity contribution in [3.63, 3.8) is 0 Å². The summed E-state index contributed by atoms with van der Waals surface area (Å²) in [6.45, 7) is 5.46. The Kier molecular flexibility index (Phi) is 5.78. The van der Waals surface area contributed by atoms with Crippen LogP contribution in [0.4, 0.5) is 10.3 Å². The van der Waals surface area contributed by atoms with Crippen molar-refractivity contribution >= 4 is 11.9 Å². The Labute approximate surface area is 153 Å². The standard InChI is InChI=1S/C19H24FN5O/c1-15(18(26)23(2)14-16-5-3-6-17(20)13-16)24-9-11-25(12-10-24)19-21-7-4-8-22-19/h3-8,13,15H,9-12,14H2,1-2H3/t15-/m0/s1. The van der Waals surface area contributed by atoms with Crippen molar-refractivity contribution in [3.05, 3.63) is 54.1 Å². The number of rotatable bonds is 5. The Hall–Kier alpha value is -2.54. The minimum Gasteiger partial charge on any atom is -0.340 e. The van der Waals surface area contributed by atoms with Crippen LogP contribution in [0.3, 0.4) is 0 Å². The highest BCUT2D eigenvalue weighted by molar-refractivity contribution is 5.81. The molecule has 1 aromatic heterocycles. The molecule has 1 aromatic carbocycles. The molecule has 26 heavy (non-hydrogen) atoms. The molecule has 7 heteroatoms. The van der Waals surface area contributed by atoms with Gasteiger partial charge in [-0.15, -0.1) is 0 Å². The van der Waals surface area contributed by atoms with E-state index >= 15 is 0 Å². The highest BCUT2D eigenvalue weighted by Gasteiger charge is 2.28. The predicted molar refractivity (Wildman–Crippen MR) is 98.2 cm³/mol. The number of carbonyl (C=O) groups excluding carboxylic acids is 1. The molecule has 3 rings (SSSR count). The second-order valence-corrected chi connectivity index (χ2v) is 6.57. The van der Waals surface area contributed by atoms with Crippen molar-refractivity contribution in [1.82, 2.24) is 19.8 Å². The third kappa shape index (κ3) is 4.35. The first-order valence-electron chi connectivity index (χ1n) is 8.80. The monoisotopic (exact) mass is 357 g/mol. The van der Waals surface area contributed by atoms with Crippen molar-refractivity contribution in [2.24, 2.45) is 0 Å². The Bertz CT molecular complexity index is 734. The molecule has 0 saturated carbocycles. The van der Waals surface area contributed by atoms with E-state index < -0.39 is 0 Å². The lowest BCUT2D eigenvalue weighted by molar-refractivity contribution is -0.135. The van der Waals surface area contributed by atoms with E-state index in [-0.39, 0.29) is 17.8 Å². The first kappa shape index (κ1) is 18.3. The molecule has 2 heterocycles. The molecule has 2 aromatic rings. The molecule has 0 spiro atoms. The third-order valence-corrected chi connectivity index (χ3v) is 4.74. The fourth-order valence-corrected chi connectivity index (χ4v) is 3.23. The summed E-state index contributed by atoms with van der Waals surface area (Å²) in [6, 6.07) is 7.95. The first-order valence-corrected chi connectivity index (χ1v) is 8.80. The average molecular weight is 357 g/mol. The van der Waals surface area contributed by atoms with Gasteiger partial charge in [0, 0.05) is 52.2 Å². The minimum atomic E-state index is -0.282. The molecule has 1 saturated heterocycles. The fraction of sp³-hybridized carbons (Fsp3) is 0.421. The van der Waals surface area contributed by atoms with Crippen LogP contribution < -0.4 is 4.90 Å². The molecule has 1 aliphatic heterocycles. The molecular formula is C19H24FN5O. The van der Waals surface area contributed by atoms with Crippen LogP contribution in [0, 0.1) is 5.82 Å². The molecule has 6 nitrogen and oxygen atoms in total. The summed E-state index contributed by atoms with van der Waals surface area (Å²) in [4.78, 5) is 27.3. The van der Waals surface area contributed by atoms with Gasteiger partial charge in [0.2, 0.25) is 11.9 Å². The van der Waals surface area contributed by atoms with Gasteiger partial charge in [0.15, 0.2) is 0 Å². The zero-order valence-corrected chi connectivity index (χ0v) is 15.2. The van der Waals surface area contributed by atoms with Crippen molar-refractivity contribution in [3.8, 4) is 0 Å². The number of anilines is 1. The number of amides is 1. The molecule has 1 atom stereocenters. The molecule has 1 amide bonds. The fourth-order valence-electron chi connectivity index (χ4n) is 3.23. The van der Waals surface area contributed by atoms with Gasteiger partial charge in [0.05, 0.1) is 6.04 Å². The third-order valence-electron chi connectivity index (χ3n) is 4.74. The Morgan fingerprint density at radius 1 is 1.19 bits per heavy atom. The predicted octanol–water partition coefficient (Wildman–Crippen LogP) is 1.78. The summed E-state index contributed by atoms with van der Waals surface area (Å²) >= 11 is 0. The van der Waals surface area contributed by atoms with Gasteiger partial charge in [-0.25, -0.2) is 14.4 Å². The number of carbonyl (C=O) groups is 1. The summed E-state index contributed by atoms with van der Waals surface area (Å²) in [5.41, 5.74) is 0.791. The van der Waals surface area contributed by atoms with Crippen LogP contribution in [-0.4, -0.2) is 64.9 Å². The number of nitrogens with zero attached hydrogens (tertiary/aromatic N) is 5. The average Bonchev–Trinajstić information content (AvgIpc) is 2.67. The number of hydrogen-bond donors (Lipinski definition) is 0. The number of hydrogen-bond acceptors (Lipinski definition) is 5. The van der Waals surface area contributed by atoms with Crippen molar-refractivity contribution in [1.29, 1.82) is 0 Å². The van der Waals surface area contributed by atoms with Crippen molar-refractivity contribution in [2.45, 2.75) is 19.5 Å². The summed E-state index contributed by atoms with van der Waals surface area (Å²) < 4.78 is 13.3. The number of likely N-dealkylation sites (N-methyl/N-ethyl adjacent to an activating group) is 1. The van der Waals surface area contributed by atoms with Gasteiger partial charge in [-0.05, 0) is 30.7 Å². The quantitative estimate of drug-likeness (QED) is 0.817. The summed E-state index contributed by atoms with van der Waals surface area (Å²) in [7, 11) is 1.76. The van der Waals surface area contributed by atoms with Gasteiger partial charge in [0.25, 0.3) is 0 Å². The van der Waals surface area contributed by atoms with Crippen LogP contribution in [0.15, 0.2) is 42.7 Å². The van der Waals surface area contributed by atoms with E-state index in [4.69, 9.17) is 0 Å². The lowest BCUT2D eigenvalue weighted by Crippen LogP contribution is -2.54. The Morgan fingerprint density at radius 3 is 2.54 bits per heavy atom. The maximum Gasteiger partial charge on any atom is 0.239 e. The summed E-state index contributed by atoms with van der Waals surface area (Å²) in [6.07, 6.45) is 3.48. The smallest absolute Gasteiger partial charge is 0.239 e. The lowest BCUT2D eigenvalue weighted by atomic mass is 10.1. The van der Waals surface area contributed by atoms with E-state index in [1.165, 1.54) is 12.1 Å². The van der Waals surface area contributed by atoms with Crippen LogP contribution in [0.25, 0.3) is 0 Å². The van der Waals surface area contributed by atoms with Gasteiger partial charge < -0.3 is 9.80 Å². The first-order chi connectivity index (χ1) is 12.5. The molecule has 1 aliphatic rings. The normalized spacial score (nSPS) is 16.3. The van der Waals surface area contributed by atoms with Crippen LogP contribution in [-0.2, 0) is 11.3 Å². The van der Waals surface area contributed by atoms with Crippen molar-refractivity contribution < 1.29 is 9.18 Å². The molecule has 138 valence electrons. The van der Waals surface area contributed by atoms with E-state index in [9.17, 15) is 9.18 Å².